The Hall–Kier alpha value is -1.45. The lowest BCUT2D eigenvalue weighted by Gasteiger charge is -2.28. The number of amides is 1. The summed E-state index contributed by atoms with van der Waals surface area (Å²) < 4.78 is 0. The molecule has 3 rings (SSSR count). The van der Waals surface area contributed by atoms with Crippen LogP contribution in [0.2, 0.25) is 5.02 Å². The normalized spacial score (nSPS) is 15.3. The predicted molar refractivity (Wildman–Crippen MR) is 94.6 cm³/mol. The Morgan fingerprint density at radius 2 is 1.86 bits per heavy atom. The third kappa shape index (κ3) is 3.31. The molecule has 1 amide bonds. The first kappa shape index (κ1) is 15.4. The monoisotopic (exact) mass is 331 g/mol. The highest BCUT2D eigenvalue weighted by atomic mass is 35.5. The van der Waals surface area contributed by atoms with Crippen LogP contribution in [0.3, 0.4) is 0 Å². The summed E-state index contributed by atoms with van der Waals surface area (Å²) in [5, 5.41) is 2.89. The Morgan fingerprint density at radius 3 is 2.59 bits per heavy atom. The molecule has 2 aromatic carbocycles. The number of carbonyl (C=O) groups is 1. The Kier molecular flexibility index (Phi) is 4.74. The molecule has 0 N–H and O–H groups in total. The maximum atomic E-state index is 12.3. The van der Waals surface area contributed by atoms with E-state index in [1.807, 2.05) is 41.3 Å². The number of hydrogen-bond acceptors (Lipinski definition) is 2. The lowest BCUT2D eigenvalue weighted by atomic mass is 10.1. The molecule has 0 unspecified atom stereocenters. The summed E-state index contributed by atoms with van der Waals surface area (Å²) in [5.74, 6) is 0.651. The molecular formula is C18H18ClNOS. The van der Waals surface area contributed by atoms with Crippen molar-refractivity contribution in [3.05, 3.63) is 53.6 Å². The molecule has 0 saturated carbocycles. The zero-order valence-electron chi connectivity index (χ0n) is 12.3. The zero-order valence-corrected chi connectivity index (χ0v) is 13.9. The van der Waals surface area contributed by atoms with Crippen molar-refractivity contribution in [2.75, 3.05) is 18.8 Å². The summed E-state index contributed by atoms with van der Waals surface area (Å²) >= 11 is 7.89. The molecule has 0 aromatic heterocycles. The number of fused-ring (bicyclic) bond motifs is 1. The van der Waals surface area contributed by atoms with Crippen LogP contribution in [0.4, 0.5) is 0 Å². The molecule has 2 nitrogen and oxygen atoms in total. The molecular weight excluding hydrogens is 314 g/mol. The Labute approximate surface area is 140 Å². The van der Waals surface area contributed by atoms with Crippen LogP contribution < -0.4 is 0 Å². The molecule has 0 spiro atoms. The largest absolute Gasteiger partial charge is 0.341 e. The van der Waals surface area contributed by atoms with Crippen molar-refractivity contribution in [3.63, 3.8) is 0 Å². The lowest BCUT2D eigenvalue weighted by molar-refractivity contribution is -0.128. The number of halogens is 1. The molecule has 0 atom stereocenters. The van der Waals surface area contributed by atoms with E-state index in [0.29, 0.717) is 5.75 Å². The first-order chi connectivity index (χ1) is 10.6. The molecule has 0 radical (unpaired) electrons. The van der Waals surface area contributed by atoms with Crippen LogP contribution in [-0.2, 0) is 4.79 Å². The molecule has 0 aliphatic carbocycles. The summed E-state index contributed by atoms with van der Waals surface area (Å²) in [6.07, 6.45) is 1.85. The van der Waals surface area contributed by atoms with E-state index in [1.165, 1.54) is 5.57 Å². The second-order valence-corrected chi connectivity index (χ2v) is 6.94. The maximum absolute atomic E-state index is 12.3. The molecule has 0 bridgehead atoms. The maximum Gasteiger partial charge on any atom is 0.232 e. The summed E-state index contributed by atoms with van der Waals surface area (Å²) in [6, 6.07) is 12.0. The first-order valence-corrected chi connectivity index (χ1v) is 8.76. The molecule has 2 aromatic rings. The SMILES string of the molecule is C=C1CCN(C(=O)CSc2cccc3cccc(Cl)c23)CC1. The third-order valence-electron chi connectivity index (χ3n) is 3.99. The van der Waals surface area contributed by atoms with E-state index >= 15 is 0 Å². The Morgan fingerprint density at radius 1 is 1.18 bits per heavy atom. The van der Waals surface area contributed by atoms with Gasteiger partial charge < -0.3 is 4.90 Å². The smallest absolute Gasteiger partial charge is 0.232 e. The highest BCUT2D eigenvalue weighted by Gasteiger charge is 2.18. The molecule has 1 aliphatic heterocycles. The van der Waals surface area contributed by atoms with Crippen molar-refractivity contribution in [3.8, 4) is 0 Å². The molecule has 1 saturated heterocycles. The minimum atomic E-state index is 0.196. The number of benzene rings is 2. The van der Waals surface area contributed by atoms with Crippen molar-refractivity contribution < 1.29 is 4.79 Å². The number of rotatable bonds is 3. The van der Waals surface area contributed by atoms with Gasteiger partial charge in [-0.1, -0.05) is 48.0 Å². The van der Waals surface area contributed by atoms with Gasteiger partial charge in [-0.15, -0.1) is 11.8 Å². The summed E-state index contributed by atoms with van der Waals surface area (Å²) in [5.41, 5.74) is 1.25. The van der Waals surface area contributed by atoms with Gasteiger partial charge in [0, 0.05) is 28.4 Å². The predicted octanol–water partition coefficient (Wildman–Crippen LogP) is 4.76. The Bertz CT molecular complexity index is 713. The first-order valence-electron chi connectivity index (χ1n) is 7.39. The van der Waals surface area contributed by atoms with Gasteiger partial charge in [0.15, 0.2) is 0 Å². The van der Waals surface area contributed by atoms with E-state index < -0.39 is 0 Å². The molecule has 22 heavy (non-hydrogen) atoms. The van der Waals surface area contributed by atoms with Gasteiger partial charge in [0.25, 0.3) is 0 Å². The fourth-order valence-electron chi connectivity index (χ4n) is 2.69. The fraction of sp³-hybridized carbons (Fsp3) is 0.278. The average molecular weight is 332 g/mol. The number of piperidine rings is 1. The van der Waals surface area contributed by atoms with E-state index in [4.69, 9.17) is 11.6 Å². The third-order valence-corrected chi connectivity index (χ3v) is 5.35. The molecule has 1 fully saturated rings. The summed E-state index contributed by atoms with van der Waals surface area (Å²) in [7, 11) is 0. The molecule has 114 valence electrons. The topological polar surface area (TPSA) is 20.3 Å². The standard InChI is InChI=1S/C18H18ClNOS/c1-13-8-10-20(11-9-13)17(21)12-22-16-7-3-5-14-4-2-6-15(19)18(14)16/h2-7H,1,8-12H2. The summed E-state index contributed by atoms with van der Waals surface area (Å²) in [4.78, 5) is 15.3. The van der Waals surface area contributed by atoms with Gasteiger partial charge in [0.2, 0.25) is 5.91 Å². The Balaban J connectivity index is 1.71. The van der Waals surface area contributed by atoms with E-state index in [2.05, 4.69) is 6.58 Å². The minimum Gasteiger partial charge on any atom is -0.341 e. The second-order valence-electron chi connectivity index (χ2n) is 5.51. The van der Waals surface area contributed by atoms with Crippen molar-refractivity contribution >= 4 is 40.0 Å². The summed E-state index contributed by atoms with van der Waals surface area (Å²) in [6.45, 7) is 5.59. The lowest BCUT2D eigenvalue weighted by Crippen LogP contribution is -2.37. The van der Waals surface area contributed by atoms with Gasteiger partial charge >= 0.3 is 0 Å². The van der Waals surface area contributed by atoms with Crippen molar-refractivity contribution in [1.82, 2.24) is 4.90 Å². The van der Waals surface area contributed by atoms with E-state index in [9.17, 15) is 4.79 Å². The van der Waals surface area contributed by atoms with Gasteiger partial charge in [-0.25, -0.2) is 0 Å². The van der Waals surface area contributed by atoms with Crippen LogP contribution in [0.25, 0.3) is 10.8 Å². The van der Waals surface area contributed by atoms with E-state index in [1.54, 1.807) is 11.8 Å². The highest BCUT2D eigenvalue weighted by Crippen LogP contribution is 2.33. The van der Waals surface area contributed by atoms with E-state index in [0.717, 1.165) is 46.6 Å². The van der Waals surface area contributed by atoms with Gasteiger partial charge in [-0.05, 0) is 30.4 Å². The molecule has 1 heterocycles. The number of hydrogen-bond donors (Lipinski definition) is 0. The number of likely N-dealkylation sites (tertiary alicyclic amines) is 1. The van der Waals surface area contributed by atoms with Crippen LogP contribution in [0.15, 0.2) is 53.4 Å². The molecule has 1 aliphatic rings. The van der Waals surface area contributed by atoms with Gasteiger partial charge in [-0.3, -0.25) is 4.79 Å². The van der Waals surface area contributed by atoms with Crippen LogP contribution in [0.5, 0.6) is 0 Å². The minimum absolute atomic E-state index is 0.196. The second kappa shape index (κ2) is 6.76. The van der Waals surface area contributed by atoms with Crippen molar-refractivity contribution in [2.24, 2.45) is 0 Å². The van der Waals surface area contributed by atoms with Crippen LogP contribution in [0.1, 0.15) is 12.8 Å². The van der Waals surface area contributed by atoms with Crippen molar-refractivity contribution in [2.45, 2.75) is 17.7 Å². The van der Waals surface area contributed by atoms with Crippen LogP contribution in [0, 0.1) is 0 Å². The average Bonchev–Trinajstić information content (AvgIpc) is 2.53. The zero-order chi connectivity index (χ0) is 15.5. The van der Waals surface area contributed by atoms with E-state index in [-0.39, 0.29) is 5.91 Å². The van der Waals surface area contributed by atoms with Crippen LogP contribution >= 0.6 is 23.4 Å². The number of nitrogens with zero attached hydrogens (tertiary/aromatic N) is 1. The number of carbonyl (C=O) groups excluding carboxylic acids is 1. The number of thioether (sulfide) groups is 1. The molecule has 4 heteroatoms. The van der Waals surface area contributed by atoms with Gasteiger partial charge in [0.05, 0.1) is 5.75 Å². The van der Waals surface area contributed by atoms with Crippen molar-refractivity contribution in [1.29, 1.82) is 0 Å². The van der Waals surface area contributed by atoms with Gasteiger partial charge in [-0.2, -0.15) is 0 Å². The quantitative estimate of drug-likeness (QED) is 0.596. The van der Waals surface area contributed by atoms with Crippen LogP contribution in [-0.4, -0.2) is 29.6 Å². The fourth-order valence-corrected chi connectivity index (χ4v) is 4.03. The van der Waals surface area contributed by atoms with Gasteiger partial charge in [0.1, 0.15) is 0 Å². The highest BCUT2D eigenvalue weighted by molar-refractivity contribution is 8.00.